The number of hydrogen-bond donors (Lipinski definition) is 2. The van der Waals surface area contributed by atoms with Crippen LogP contribution in [0.2, 0.25) is 0 Å². The largest absolute Gasteiger partial charge is 0.492 e. The third-order valence-corrected chi connectivity index (χ3v) is 4.32. The first-order chi connectivity index (χ1) is 10.2. The van der Waals surface area contributed by atoms with Gasteiger partial charge in [0.05, 0.1) is 12.0 Å². The Morgan fingerprint density at radius 2 is 2.00 bits per heavy atom. The molecule has 0 aromatic heterocycles. The topological polar surface area (TPSA) is 73.6 Å². The summed E-state index contributed by atoms with van der Waals surface area (Å²) in [4.78, 5) is 12.3. The molecule has 21 heavy (non-hydrogen) atoms. The van der Waals surface area contributed by atoms with E-state index in [2.05, 4.69) is 21.2 Å². The van der Waals surface area contributed by atoms with Gasteiger partial charge in [-0.15, -0.1) is 0 Å². The average molecular weight is 357 g/mol. The fraction of sp³-hybridized carbons (Fsp3) is 0.533. The lowest BCUT2D eigenvalue weighted by molar-refractivity contribution is -0.136. The highest BCUT2D eigenvalue weighted by molar-refractivity contribution is 9.10. The average Bonchev–Trinajstić information content (AvgIpc) is 2.53. The van der Waals surface area contributed by atoms with Crippen LogP contribution in [0.5, 0.6) is 5.75 Å². The first kappa shape index (κ1) is 16.3. The van der Waals surface area contributed by atoms with E-state index in [1.165, 1.54) is 0 Å². The number of rotatable bonds is 6. The summed E-state index contributed by atoms with van der Waals surface area (Å²) in [6.45, 7) is 2.46. The maximum absolute atomic E-state index is 12.3. The highest BCUT2D eigenvalue weighted by atomic mass is 79.9. The van der Waals surface area contributed by atoms with Crippen LogP contribution in [0.25, 0.3) is 0 Å². The lowest BCUT2D eigenvalue weighted by atomic mass is 9.79. The highest BCUT2D eigenvalue weighted by Crippen LogP contribution is 2.29. The highest BCUT2D eigenvalue weighted by Gasteiger charge is 2.38. The van der Waals surface area contributed by atoms with Gasteiger partial charge in [-0.05, 0) is 37.1 Å². The minimum atomic E-state index is -0.476. The van der Waals surface area contributed by atoms with Crippen molar-refractivity contribution in [3.63, 3.8) is 0 Å². The molecule has 1 saturated heterocycles. The van der Waals surface area contributed by atoms with Crippen LogP contribution in [0.15, 0.2) is 28.7 Å². The summed E-state index contributed by atoms with van der Waals surface area (Å²) >= 11 is 3.37. The van der Waals surface area contributed by atoms with Crippen LogP contribution in [-0.4, -0.2) is 38.8 Å². The van der Waals surface area contributed by atoms with Crippen molar-refractivity contribution in [3.05, 3.63) is 28.7 Å². The lowest BCUT2D eigenvalue weighted by Gasteiger charge is -2.34. The first-order valence-corrected chi connectivity index (χ1v) is 7.90. The fourth-order valence-electron chi connectivity index (χ4n) is 2.34. The molecule has 1 fully saturated rings. The number of amides is 1. The SMILES string of the molecule is NCC1(C(=O)NCCOc2ccc(Br)cc2)CCOCC1. The Balaban J connectivity index is 1.74. The Hall–Kier alpha value is -1.11. The van der Waals surface area contributed by atoms with E-state index in [4.69, 9.17) is 15.2 Å². The van der Waals surface area contributed by atoms with Crippen molar-refractivity contribution in [2.24, 2.45) is 11.1 Å². The van der Waals surface area contributed by atoms with Gasteiger partial charge in [0.15, 0.2) is 0 Å². The summed E-state index contributed by atoms with van der Waals surface area (Å²) in [6, 6.07) is 7.59. The first-order valence-electron chi connectivity index (χ1n) is 7.11. The van der Waals surface area contributed by atoms with E-state index >= 15 is 0 Å². The van der Waals surface area contributed by atoms with E-state index in [-0.39, 0.29) is 5.91 Å². The van der Waals surface area contributed by atoms with Gasteiger partial charge in [-0.2, -0.15) is 0 Å². The van der Waals surface area contributed by atoms with Gasteiger partial charge in [0.25, 0.3) is 0 Å². The van der Waals surface area contributed by atoms with Crippen LogP contribution in [0.4, 0.5) is 0 Å². The van der Waals surface area contributed by atoms with Crippen molar-refractivity contribution in [2.45, 2.75) is 12.8 Å². The van der Waals surface area contributed by atoms with E-state index in [0.29, 0.717) is 45.8 Å². The Bertz CT molecular complexity index is 458. The van der Waals surface area contributed by atoms with Gasteiger partial charge in [-0.3, -0.25) is 4.79 Å². The van der Waals surface area contributed by atoms with Crippen molar-refractivity contribution in [3.8, 4) is 5.75 Å². The summed E-state index contributed by atoms with van der Waals surface area (Å²) < 4.78 is 11.9. The number of carbonyl (C=O) groups is 1. The van der Waals surface area contributed by atoms with Crippen molar-refractivity contribution in [1.82, 2.24) is 5.32 Å². The second-order valence-corrected chi connectivity index (χ2v) is 6.07. The van der Waals surface area contributed by atoms with Crippen LogP contribution < -0.4 is 15.8 Å². The minimum Gasteiger partial charge on any atom is -0.492 e. The monoisotopic (exact) mass is 356 g/mol. The quantitative estimate of drug-likeness (QED) is 0.760. The van der Waals surface area contributed by atoms with Gasteiger partial charge in [-0.1, -0.05) is 15.9 Å². The molecule has 0 spiro atoms. The maximum atomic E-state index is 12.3. The molecular formula is C15H21BrN2O3. The molecule has 1 aliphatic heterocycles. The normalized spacial score (nSPS) is 17.2. The third-order valence-electron chi connectivity index (χ3n) is 3.79. The fourth-order valence-corrected chi connectivity index (χ4v) is 2.60. The number of benzene rings is 1. The van der Waals surface area contributed by atoms with Crippen LogP contribution >= 0.6 is 15.9 Å². The molecule has 0 aliphatic carbocycles. The van der Waals surface area contributed by atoms with Gasteiger partial charge in [0.2, 0.25) is 5.91 Å². The molecule has 0 atom stereocenters. The lowest BCUT2D eigenvalue weighted by Crippen LogP contribution is -2.49. The molecule has 0 bridgehead atoms. The van der Waals surface area contributed by atoms with Crippen molar-refractivity contribution in [2.75, 3.05) is 32.9 Å². The van der Waals surface area contributed by atoms with Gasteiger partial charge in [-0.25, -0.2) is 0 Å². The molecule has 1 aromatic carbocycles. The van der Waals surface area contributed by atoms with Crippen molar-refractivity contribution >= 4 is 21.8 Å². The summed E-state index contributed by atoms with van der Waals surface area (Å²) in [5, 5.41) is 2.92. The summed E-state index contributed by atoms with van der Waals surface area (Å²) in [5.74, 6) is 0.791. The zero-order chi connectivity index (χ0) is 15.1. The Morgan fingerprint density at radius 1 is 1.33 bits per heavy atom. The van der Waals surface area contributed by atoms with Crippen molar-refractivity contribution < 1.29 is 14.3 Å². The molecule has 2 rings (SSSR count). The second-order valence-electron chi connectivity index (χ2n) is 5.16. The summed E-state index contributed by atoms with van der Waals surface area (Å²) in [7, 11) is 0. The second kappa shape index (κ2) is 7.77. The predicted molar refractivity (Wildman–Crippen MR) is 84.2 cm³/mol. The Morgan fingerprint density at radius 3 is 2.62 bits per heavy atom. The standard InChI is InChI=1S/C15H21BrN2O3/c16-12-1-3-13(4-2-12)21-10-7-18-14(19)15(11-17)5-8-20-9-6-15/h1-4H,5-11,17H2,(H,18,19). The van der Waals surface area contributed by atoms with Gasteiger partial charge < -0.3 is 20.5 Å². The Kier molecular flexibility index (Phi) is 6.02. The van der Waals surface area contributed by atoms with E-state index in [1.54, 1.807) is 0 Å². The van der Waals surface area contributed by atoms with Gasteiger partial charge in [0, 0.05) is 24.2 Å². The van der Waals surface area contributed by atoms with Crippen LogP contribution in [0, 0.1) is 5.41 Å². The molecule has 1 aromatic rings. The zero-order valence-corrected chi connectivity index (χ0v) is 13.5. The maximum Gasteiger partial charge on any atom is 0.227 e. The van der Waals surface area contributed by atoms with E-state index < -0.39 is 5.41 Å². The van der Waals surface area contributed by atoms with Crippen LogP contribution in [-0.2, 0) is 9.53 Å². The number of carbonyl (C=O) groups excluding carboxylic acids is 1. The Labute approximate surface area is 133 Å². The number of nitrogens with two attached hydrogens (primary N) is 1. The van der Waals surface area contributed by atoms with Crippen molar-refractivity contribution in [1.29, 1.82) is 0 Å². The predicted octanol–water partition coefficient (Wildman–Crippen LogP) is 1.70. The van der Waals surface area contributed by atoms with E-state index in [0.717, 1.165) is 10.2 Å². The molecule has 0 radical (unpaired) electrons. The molecule has 1 amide bonds. The molecule has 3 N–H and O–H groups in total. The van der Waals surface area contributed by atoms with Gasteiger partial charge >= 0.3 is 0 Å². The molecule has 6 heteroatoms. The smallest absolute Gasteiger partial charge is 0.227 e. The van der Waals surface area contributed by atoms with Crippen LogP contribution in [0.1, 0.15) is 12.8 Å². The number of halogens is 1. The van der Waals surface area contributed by atoms with E-state index in [1.807, 2.05) is 24.3 Å². The molecule has 0 unspecified atom stereocenters. The molecular weight excluding hydrogens is 336 g/mol. The number of ether oxygens (including phenoxy) is 2. The molecule has 1 aliphatic rings. The molecule has 116 valence electrons. The molecule has 1 heterocycles. The zero-order valence-electron chi connectivity index (χ0n) is 11.9. The summed E-state index contributed by atoms with van der Waals surface area (Å²) in [5.41, 5.74) is 5.32. The molecule has 5 nitrogen and oxygen atoms in total. The third kappa shape index (κ3) is 4.43. The van der Waals surface area contributed by atoms with Gasteiger partial charge in [0.1, 0.15) is 12.4 Å². The van der Waals surface area contributed by atoms with Crippen LogP contribution in [0.3, 0.4) is 0 Å². The van der Waals surface area contributed by atoms with E-state index in [9.17, 15) is 4.79 Å². The molecule has 0 saturated carbocycles. The number of hydrogen-bond acceptors (Lipinski definition) is 4. The number of nitrogens with one attached hydrogen (secondary N) is 1. The minimum absolute atomic E-state index is 0.00714. The summed E-state index contributed by atoms with van der Waals surface area (Å²) in [6.07, 6.45) is 1.37.